The van der Waals surface area contributed by atoms with Crippen molar-refractivity contribution in [3.05, 3.63) is 75.6 Å². The molecule has 134 valence electrons. The molecule has 0 aliphatic heterocycles. The first kappa shape index (κ1) is 18.0. The molecule has 1 heterocycles. The first-order valence-electron chi connectivity index (χ1n) is 8.27. The second-order valence-corrected chi connectivity index (χ2v) is 6.66. The van der Waals surface area contributed by atoms with Crippen molar-refractivity contribution in [1.82, 2.24) is 9.78 Å². The maximum atomic E-state index is 9.63. The van der Waals surface area contributed by atoms with Crippen molar-refractivity contribution in [2.75, 3.05) is 5.32 Å². The number of halogens is 1. The lowest BCUT2D eigenvalue weighted by atomic mass is 10.0. The molecular weight excluding hydrogens is 348 g/mol. The Bertz CT molecular complexity index is 991. The number of hydrogen-bond acceptors (Lipinski definition) is 4. The molecule has 6 heteroatoms. The number of para-hydroxylation sites is 1. The minimum absolute atomic E-state index is 0.417. The summed E-state index contributed by atoms with van der Waals surface area (Å²) >= 11 is 6.51. The predicted octanol–water partition coefficient (Wildman–Crippen LogP) is 4.97. The summed E-state index contributed by atoms with van der Waals surface area (Å²) in [4.78, 5) is 0. The Morgan fingerprint density at radius 3 is 2.46 bits per heavy atom. The molecule has 0 unspecified atom stereocenters. The van der Waals surface area contributed by atoms with Crippen LogP contribution in [0.25, 0.3) is 0 Å². The third-order valence-corrected chi connectivity index (χ3v) is 4.81. The van der Waals surface area contributed by atoms with E-state index in [1.165, 1.54) is 0 Å². The summed E-state index contributed by atoms with van der Waals surface area (Å²) in [6.45, 7) is 5.86. The van der Waals surface area contributed by atoms with Crippen LogP contribution in [-0.4, -0.2) is 20.7 Å². The highest BCUT2D eigenvalue weighted by Gasteiger charge is 2.20. The van der Waals surface area contributed by atoms with E-state index in [1.54, 1.807) is 4.68 Å². The van der Waals surface area contributed by atoms with Crippen molar-refractivity contribution in [3.8, 4) is 0 Å². The van der Waals surface area contributed by atoms with Crippen LogP contribution in [-0.2, 0) is 7.05 Å². The average molecular weight is 369 g/mol. The van der Waals surface area contributed by atoms with E-state index in [-0.39, 0.29) is 0 Å². The monoisotopic (exact) mass is 368 g/mol. The Labute approximate surface area is 157 Å². The van der Waals surface area contributed by atoms with Crippen LogP contribution in [0.15, 0.2) is 47.6 Å². The van der Waals surface area contributed by atoms with Gasteiger partial charge < -0.3 is 10.5 Å². The van der Waals surface area contributed by atoms with E-state index in [9.17, 15) is 5.21 Å². The molecule has 0 saturated carbocycles. The number of oxime groups is 1. The molecule has 0 radical (unpaired) electrons. The lowest BCUT2D eigenvalue weighted by molar-refractivity contribution is 0.319. The van der Waals surface area contributed by atoms with Gasteiger partial charge in [0.25, 0.3) is 0 Å². The number of benzene rings is 2. The van der Waals surface area contributed by atoms with Crippen molar-refractivity contribution in [2.45, 2.75) is 20.8 Å². The standard InChI is InChI=1S/C20H21ClN4O/c1-12-7-5-6-8-18(12)22-15-9-10-16(17(21)11-15)20(24-26)19-13(2)23-25(4)14(19)3/h5-11,22,26H,1-4H3/b24-20+. The number of nitrogens with one attached hydrogen (secondary N) is 1. The summed E-state index contributed by atoms with van der Waals surface area (Å²) in [7, 11) is 1.86. The van der Waals surface area contributed by atoms with Crippen LogP contribution in [0, 0.1) is 20.8 Å². The fourth-order valence-corrected chi connectivity index (χ4v) is 3.28. The van der Waals surface area contributed by atoms with Crippen molar-refractivity contribution < 1.29 is 5.21 Å². The molecule has 0 spiro atoms. The molecule has 0 fully saturated rings. The van der Waals surface area contributed by atoms with E-state index in [2.05, 4.69) is 15.6 Å². The third-order valence-electron chi connectivity index (χ3n) is 4.49. The third kappa shape index (κ3) is 3.30. The van der Waals surface area contributed by atoms with Crippen LogP contribution in [0.1, 0.15) is 28.1 Å². The quantitative estimate of drug-likeness (QED) is 0.388. The van der Waals surface area contributed by atoms with Crippen LogP contribution in [0.2, 0.25) is 5.02 Å². The summed E-state index contributed by atoms with van der Waals surface area (Å²) in [6, 6.07) is 13.6. The van der Waals surface area contributed by atoms with Gasteiger partial charge in [-0.05, 0) is 50.6 Å². The molecule has 0 bridgehead atoms. The van der Waals surface area contributed by atoms with Gasteiger partial charge in [-0.25, -0.2) is 0 Å². The molecule has 0 aliphatic carbocycles. The Morgan fingerprint density at radius 2 is 1.88 bits per heavy atom. The largest absolute Gasteiger partial charge is 0.410 e. The predicted molar refractivity (Wildman–Crippen MR) is 106 cm³/mol. The van der Waals surface area contributed by atoms with Gasteiger partial charge in [-0.15, -0.1) is 0 Å². The molecule has 3 aromatic rings. The summed E-state index contributed by atoms with van der Waals surface area (Å²) in [5.41, 5.74) is 6.59. The number of aromatic nitrogens is 2. The second kappa shape index (κ2) is 7.22. The fraction of sp³-hybridized carbons (Fsp3) is 0.200. The van der Waals surface area contributed by atoms with Crippen molar-refractivity contribution >= 4 is 28.7 Å². The number of rotatable bonds is 4. The van der Waals surface area contributed by atoms with Gasteiger partial charge in [-0.2, -0.15) is 5.10 Å². The maximum absolute atomic E-state index is 9.63. The molecule has 0 aliphatic rings. The number of hydrogen-bond donors (Lipinski definition) is 2. The number of anilines is 2. The van der Waals surface area contributed by atoms with Crippen LogP contribution in [0.4, 0.5) is 11.4 Å². The lowest BCUT2D eigenvalue weighted by Gasteiger charge is -2.12. The SMILES string of the molecule is Cc1ccccc1Nc1ccc(/C(=N\O)c2c(C)nn(C)c2C)c(Cl)c1. The molecule has 0 atom stereocenters. The normalized spacial score (nSPS) is 11.7. The van der Waals surface area contributed by atoms with Gasteiger partial charge in [-0.3, -0.25) is 4.68 Å². The van der Waals surface area contributed by atoms with E-state index in [0.29, 0.717) is 16.3 Å². The number of aryl methyl sites for hydroxylation is 3. The summed E-state index contributed by atoms with van der Waals surface area (Å²) in [5.74, 6) is 0. The zero-order valence-electron chi connectivity index (χ0n) is 15.2. The molecule has 26 heavy (non-hydrogen) atoms. The number of nitrogens with zero attached hydrogens (tertiary/aromatic N) is 3. The van der Waals surface area contributed by atoms with E-state index in [0.717, 1.165) is 33.9 Å². The maximum Gasteiger partial charge on any atom is 0.122 e. The van der Waals surface area contributed by atoms with Crippen LogP contribution in [0.3, 0.4) is 0 Å². The summed E-state index contributed by atoms with van der Waals surface area (Å²) in [6.07, 6.45) is 0. The minimum atomic E-state index is 0.417. The lowest BCUT2D eigenvalue weighted by Crippen LogP contribution is -2.08. The van der Waals surface area contributed by atoms with Gasteiger partial charge in [0.1, 0.15) is 5.71 Å². The summed E-state index contributed by atoms with van der Waals surface area (Å²) < 4.78 is 1.76. The van der Waals surface area contributed by atoms with E-state index >= 15 is 0 Å². The zero-order chi connectivity index (χ0) is 18.8. The van der Waals surface area contributed by atoms with Gasteiger partial charge in [0.2, 0.25) is 0 Å². The van der Waals surface area contributed by atoms with E-state index in [1.807, 2.05) is 70.3 Å². The van der Waals surface area contributed by atoms with Gasteiger partial charge >= 0.3 is 0 Å². The Balaban J connectivity index is 1.98. The smallest absolute Gasteiger partial charge is 0.122 e. The van der Waals surface area contributed by atoms with Gasteiger partial charge in [-0.1, -0.05) is 35.0 Å². The van der Waals surface area contributed by atoms with Crippen molar-refractivity contribution in [2.24, 2.45) is 12.2 Å². The molecule has 2 N–H and O–H groups in total. The van der Waals surface area contributed by atoms with E-state index in [4.69, 9.17) is 11.6 Å². The molecule has 0 amide bonds. The second-order valence-electron chi connectivity index (χ2n) is 6.25. The highest BCUT2D eigenvalue weighted by molar-refractivity contribution is 6.36. The van der Waals surface area contributed by atoms with Gasteiger partial charge in [0.05, 0.1) is 10.7 Å². The molecule has 2 aromatic carbocycles. The van der Waals surface area contributed by atoms with Crippen LogP contribution >= 0.6 is 11.6 Å². The topological polar surface area (TPSA) is 62.4 Å². The average Bonchev–Trinajstić information content (AvgIpc) is 2.85. The van der Waals surface area contributed by atoms with Crippen LogP contribution < -0.4 is 5.32 Å². The Hall–Kier alpha value is -2.79. The fourth-order valence-electron chi connectivity index (χ4n) is 3.01. The first-order chi connectivity index (χ1) is 12.4. The van der Waals surface area contributed by atoms with Gasteiger partial charge in [0, 0.05) is 35.2 Å². The highest BCUT2D eigenvalue weighted by Crippen LogP contribution is 2.28. The first-order valence-corrected chi connectivity index (χ1v) is 8.65. The van der Waals surface area contributed by atoms with Crippen LogP contribution in [0.5, 0.6) is 0 Å². The van der Waals surface area contributed by atoms with E-state index < -0.39 is 0 Å². The molecular formula is C20H21ClN4O. The zero-order valence-corrected chi connectivity index (χ0v) is 16.0. The molecule has 3 rings (SSSR count). The Morgan fingerprint density at radius 1 is 1.15 bits per heavy atom. The molecule has 1 aromatic heterocycles. The Kier molecular flexibility index (Phi) is 5.00. The molecule has 5 nitrogen and oxygen atoms in total. The minimum Gasteiger partial charge on any atom is -0.410 e. The van der Waals surface area contributed by atoms with Crippen molar-refractivity contribution in [3.63, 3.8) is 0 Å². The van der Waals surface area contributed by atoms with Gasteiger partial charge in [0.15, 0.2) is 0 Å². The highest BCUT2D eigenvalue weighted by atomic mass is 35.5. The summed E-state index contributed by atoms with van der Waals surface area (Å²) in [5, 5.41) is 21.4. The van der Waals surface area contributed by atoms with Crippen molar-refractivity contribution in [1.29, 1.82) is 0 Å². The molecule has 0 saturated heterocycles.